The highest BCUT2D eigenvalue weighted by Crippen LogP contribution is 2.27. The van der Waals surface area contributed by atoms with Crippen molar-refractivity contribution in [2.45, 2.75) is 103 Å². The van der Waals surface area contributed by atoms with Crippen LogP contribution in [-0.4, -0.2) is 46.2 Å². The number of hydrogen-bond acceptors (Lipinski definition) is 4. The fraction of sp³-hybridized carbons (Fsp3) is 0.680. The summed E-state index contributed by atoms with van der Waals surface area (Å²) < 4.78 is 0. The molecule has 6 nitrogen and oxygen atoms in total. The van der Waals surface area contributed by atoms with Crippen molar-refractivity contribution in [2.75, 3.05) is 6.54 Å². The van der Waals surface area contributed by atoms with Crippen LogP contribution in [0.3, 0.4) is 0 Å². The first-order chi connectivity index (χ1) is 14.3. The van der Waals surface area contributed by atoms with Crippen molar-refractivity contribution in [2.24, 2.45) is 0 Å². The quantitative estimate of drug-likeness (QED) is 0.533. The van der Waals surface area contributed by atoms with Crippen LogP contribution in [0.15, 0.2) is 24.3 Å². The number of benzene rings is 1. The van der Waals surface area contributed by atoms with Crippen molar-refractivity contribution >= 4 is 11.8 Å². The van der Waals surface area contributed by atoms with Gasteiger partial charge in [-0.25, -0.2) is 0 Å². The molecule has 2 atom stereocenters. The van der Waals surface area contributed by atoms with E-state index in [1.807, 2.05) is 65.8 Å². The molecule has 174 valence electrons. The number of aliphatic hydroxyl groups is 1. The molecule has 0 bridgehead atoms. The highest BCUT2D eigenvalue weighted by molar-refractivity contribution is 5.96. The molecule has 0 radical (unpaired) electrons. The topological polar surface area (TPSA) is 90.5 Å². The van der Waals surface area contributed by atoms with E-state index < -0.39 is 11.6 Å². The van der Waals surface area contributed by atoms with E-state index in [0.717, 1.165) is 31.4 Å². The Kier molecular flexibility index (Phi) is 8.28. The first kappa shape index (κ1) is 25.3. The lowest BCUT2D eigenvalue weighted by Gasteiger charge is -2.40. The lowest BCUT2D eigenvalue weighted by Crippen LogP contribution is -2.63. The van der Waals surface area contributed by atoms with Crippen molar-refractivity contribution < 1.29 is 14.7 Å². The summed E-state index contributed by atoms with van der Waals surface area (Å²) in [6.45, 7) is 12.6. The third-order valence-corrected chi connectivity index (χ3v) is 5.50. The smallest absolute Gasteiger partial charge is 0.251 e. The minimum atomic E-state index is -0.742. The summed E-state index contributed by atoms with van der Waals surface area (Å²) >= 11 is 0. The molecular formula is C25H41N3O3. The second-order valence-corrected chi connectivity index (χ2v) is 10.9. The van der Waals surface area contributed by atoms with Gasteiger partial charge in [0.1, 0.15) is 5.54 Å². The van der Waals surface area contributed by atoms with Gasteiger partial charge in [-0.2, -0.15) is 0 Å². The van der Waals surface area contributed by atoms with E-state index >= 15 is 0 Å². The van der Waals surface area contributed by atoms with E-state index in [4.69, 9.17) is 0 Å². The van der Waals surface area contributed by atoms with Crippen LogP contribution >= 0.6 is 0 Å². The van der Waals surface area contributed by atoms with Crippen molar-refractivity contribution in [1.82, 2.24) is 16.0 Å². The van der Waals surface area contributed by atoms with Crippen LogP contribution in [0.5, 0.6) is 0 Å². The van der Waals surface area contributed by atoms with E-state index in [1.54, 1.807) is 0 Å². The van der Waals surface area contributed by atoms with Crippen LogP contribution in [-0.2, 0) is 11.2 Å². The lowest BCUT2D eigenvalue weighted by molar-refractivity contribution is -0.131. The van der Waals surface area contributed by atoms with Gasteiger partial charge < -0.3 is 21.1 Å². The van der Waals surface area contributed by atoms with Crippen molar-refractivity contribution in [3.8, 4) is 0 Å². The van der Waals surface area contributed by atoms with E-state index in [0.29, 0.717) is 24.8 Å². The summed E-state index contributed by atoms with van der Waals surface area (Å²) in [7, 11) is 0. The molecule has 1 aromatic rings. The zero-order valence-corrected chi connectivity index (χ0v) is 20.1. The molecule has 1 fully saturated rings. The Morgan fingerprint density at radius 2 is 1.71 bits per heavy atom. The predicted octanol–water partition coefficient (Wildman–Crippen LogP) is 3.33. The third-order valence-electron chi connectivity index (χ3n) is 5.50. The highest BCUT2D eigenvalue weighted by Gasteiger charge is 2.42. The second kappa shape index (κ2) is 10.1. The minimum absolute atomic E-state index is 0.0382. The molecule has 1 unspecified atom stereocenters. The van der Waals surface area contributed by atoms with Crippen LogP contribution < -0.4 is 16.0 Å². The maximum Gasteiger partial charge on any atom is 0.251 e. The molecule has 0 aliphatic carbocycles. The van der Waals surface area contributed by atoms with Gasteiger partial charge in [0, 0.05) is 23.1 Å². The Morgan fingerprint density at radius 1 is 1.06 bits per heavy atom. The predicted molar refractivity (Wildman–Crippen MR) is 125 cm³/mol. The fourth-order valence-electron chi connectivity index (χ4n) is 4.08. The Bertz CT molecular complexity index is 756. The van der Waals surface area contributed by atoms with E-state index in [-0.39, 0.29) is 22.9 Å². The maximum absolute atomic E-state index is 13.1. The summed E-state index contributed by atoms with van der Waals surface area (Å²) in [6, 6.07) is 7.53. The van der Waals surface area contributed by atoms with Gasteiger partial charge in [-0.05, 0) is 91.8 Å². The molecule has 1 aromatic carbocycles. The average Bonchev–Trinajstić information content (AvgIpc) is 2.64. The first-order valence-electron chi connectivity index (χ1n) is 11.5. The molecule has 0 saturated carbocycles. The van der Waals surface area contributed by atoms with E-state index in [9.17, 15) is 14.7 Å². The summed E-state index contributed by atoms with van der Waals surface area (Å²) in [6.07, 6.45) is 3.51. The lowest BCUT2D eigenvalue weighted by atomic mass is 9.81. The van der Waals surface area contributed by atoms with E-state index in [1.165, 1.54) is 0 Å². The molecule has 0 spiro atoms. The van der Waals surface area contributed by atoms with Crippen LogP contribution in [0.25, 0.3) is 0 Å². The summed E-state index contributed by atoms with van der Waals surface area (Å²) in [5, 5.41) is 20.4. The molecule has 4 N–H and O–H groups in total. The molecule has 31 heavy (non-hydrogen) atoms. The Morgan fingerprint density at radius 3 is 2.29 bits per heavy atom. The molecule has 1 saturated heterocycles. The number of aliphatic hydroxyl groups excluding tert-OH is 1. The van der Waals surface area contributed by atoms with Gasteiger partial charge >= 0.3 is 0 Å². The number of rotatable bonds is 7. The summed E-state index contributed by atoms with van der Waals surface area (Å²) in [4.78, 5) is 25.8. The van der Waals surface area contributed by atoms with Gasteiger partial charge in [-0.1, -0.05) is 18.2 Å². The number of hydrogen-bond donors (Lipinski definition) is 4. The maximum atomic E-state index is 13.1. The van der Waals surface area contributed by atoms with Crippen molar-refractivity contribution in [1.29, 1.82) is 0 Å². The first-order valence-corrected chi connectivity index (χ1v) is 11.5. The monoisotopic (exact) mass is 431 g/mol. The number of carbonyl (C=O) groups excluding carboxylic acids is 2. The standard InChI is InChI=1S/C25H41N3O3/c1-23(2,3)27-21(30)20-12-8-7-11-18(20)13-14-19(29)17-25(15-9-10-16-26-25)22(31)28-24(4,5)6/h7-8,11-12,19,26,29H,9-10,13-17H2,1-6H3,(H,27,30)(H,28,31)/t19-,25?/m1/s1. The SMILES string of the molecule is CC(C)(C)NC(=O)c1ccccc1CC[C@@H](O)CC1(C(=O)NC(C)(C)C)CCCCN1. The summed E-state index contributed by atoms with van der Waals surface area (Å²) in [5.41, 5.74) is 0.166. The third kappa shape index (κ3) is 7.93. The van der Waals surface area contributed by atoms with Crippen molar-refractivity contribution in [3.05, 3.63) is 35.4 Å². The van der Waals surface area contributed by atoms with Crippen LogP contribution in [0.1, 0.15) is 89.6 Å². The number of aryl methyl sites for hydroxylation is 1. The fourth-order valence-corrected chi connectivity index (χ4v) is 4.08. The van der Waals surface area contributed by atoms with E-state index in [2.05, 4.69) is 16.0 Å². The van der Waals surface area contributed by atoms with Gasteiger partial charge in [-0.3, -0.25) is 9.59 Å². The highest BCUT2D eigenvalue weighted by atomic mass is 16.3. The zero-order chi connectivity index (χ0) is 23.3. The molecule has 0 aromatic heterocycles. The van der Waals surface area contributed by atoms with Gasteiger partial charge in [-0.15, -0.1) is 0 Å². The molecule has 2 amide bonds. The number of carbonyl (C=O) groups is 2. The van der Waals surface area contributed by atoms with Gasteiger partial charge in [0.15, 0.2) is 0 Å². The minimum Gasteiger partial charge on any atom is -0.393 e. The van der Waals surface area contributed by atoms with Gasteiger partial charge in [0.25, 0.3) is 5.91 Å². The summed E-state index contributed by atoms with van der Waals surface area (Å²) in [5.74, 6) is -0.142. The van der Waals surface area contributed by atoms with Crippen LogP contribution in [0.4, 0.5) is 0 Å². The van der Waals surface area contributed by atoms with Crippen LogP contribution in [0, 0.1) is 0 Å². The second-order valence-electron chi connectivity index (χ2n) is 10.9. The largest absolute Gasteiger partial charge is 0.393 e. The van der Waals surface area contributed by atoms with Crippen LogP contribution in [0.2, 0.25) is 0 Å². The normalized spacial score (nSPS) is 20.7. The molecule has 2 rings (SSSR count). The molecule has 6 heteroatoms. The molecule has 1 aliphatic heterocycles. The number of amides is 2. The number of piperidine rings is 1. The Labute approximate surface area is 187 Å². The molecular weight excluding hydrogens is 390 g/mol. The Hall–Kier alpha value is -1.92. The van der Waals surface area contributed by atoms with Crippen molar-refractivity contribution in [3.63, 3.8) is 0 Å². The average molecular weight is 432 g/mol. The number of nitrogens with one attached hydrogen (secondary N) is 3. The zero-order valence-electron chi connectivity index (χ0n) is 20.1. The Balaban J connectivity index is 2.07. The molecule has 1 heterocycles. The van der Waals surface area contributed by atoms with Gasteiger partial charge in [0.2, 0.25) is 5.91 Å². The van der Waals surface area contributed by atoms with Gasteiger partial charge in [0.05, 0.1) is 6.10 Å². The molecule has 1 aliphatic rings.